The van der Waals surface area contributed by atoms with E-state index in [0.29, 0.717) is 6.54 Å². The number of nitrogens with zero attached hydrogens (tertiary/aromatic N) is 2. The quantitative estimate of drug-likeness (QED) is 0.243. The molecule has 1 aliphatic carbocycles. The molecule has 2 aliphatic rings. The van der Waals surface area contributed by atoms with E-state index >= 15 is 0 Å². The van der Waals surface area contributed by atoms with Gasteiger partial charge in [0.1, 0.15) is 0 Å². The number of aryl methyl sites for hydroxylation is 1. The molecule has 0 saturated heterocycles. The molecule has 0 spiro atoms. The van der Waals surface area contributed by atoms with E-state index in [1.165, 1.54) is 42.5 Å². The van der Waals surface area contributed by atoms with Crippen molar-refractivity contribution >= 4 is 35.6 Å². The Bertz CT molecular complexity index is 604. The zero-order chi connectivity index (χ0) is 18.2. The fourth-order valence-electron chi connectivity index (χ4n) is 3.36. The van der Waals surface area contributed by atoms with Gasteiger partial charge in [-0.05, 0) is 62.1 Å². The Morgan fingerprint density at radius 2 is 2.15 bits per heavy atom. The van der Waals surface area contributed by atoms with Gasteiger partial charge in [-0.1, -0.05) is 12.1 Å². The van der Waals surface area contributed by atoms with Gasteiger partial charge in [0.15, 0.2) is 5.96 Å². The van der Waals surface area contributed by atoms with Crippen LogP contribution in [0, 0.1) is 5.92 Å². The van der Waals surface area contributed by atoms with Crippen LogP contribution < -0.4 is 15.5 Å². The lowest BCUT2D eigenvalue weighted by Gasteiger charge is -2.27. The second kappa shape index (κ2) is 11.7. The molecule has 6 heteroatoms. The van der Waals surface area contributed by atoms with Crippen LogP contribution in [-0.2, 0) is 17.7 Å². The summed E-state index contributed by atoms with van der Waals surface area (Å²) in [5.41, 5.74) is 4.11. The summed E-state index contributed by atoms with van der Waals surface area (Å²) in [6.07, 6.45) is 6.14. The van der Waals surface area contributed by atoms with E-state index in [-0.39, 0.29) is 24.0 Å². The Hall–Kier alpha value is -1.02. The molecule has 0 aromatic heterocycles. The minimum absolute atomic E-state index is 0. The molecule has 0 amide bonds. The average molecular weight is 486 g/mol. The number of benzene rings is 1. The van der Waals surface area contributed by atoms with Gasteiger partial charge in [-0.2, -0.15) is 0 Å². The smallest absolute Gasteiger partial charge is 0.191 e. The Balaban J connectivity index is 0.00000261. The van der Waals surface area contributed by atoms with Gasteiger partial charge in [0, 0.05) is 45.6 Å². The van der Waals surface area contributed by atoms with E-state index in [9.17, 15) is 0 Å². The Morgan fingerprint density at radius 3 is 2.93 bits per heavy atom. The maximum Gasteiger partial charge on any atom is 0.191 e. The number of hydrogen-bond acceptors (Lipinski definition) is 3. The van der Waals surface area contributed by atoms with Crippen molar-refractivity contribution in [3.8, 4) is 0 Å². The van der Waals surface area contributed by atoms with E-state index in [1.807, 2.05) is 0 Å². The summed E-state index contributed by atoms with van der Waals surface area (Å²) in [6, 6.07) is 6.78. The van der Waals surface area contributed by atoms with Crippen LogP contribution in [0.15, 0.2) is 23.2 Å². The van der Waals surface area contributed by atoms with Crippen LogP contribution in [0.4, 0.5) is 5.69 Å². The van der Waals surface area contributed by atoms with Crippen LogP contribution in [0.2, 0.25) is 0 Å². The first kappa shape index (κ1) is 22.3. The van der Waals surface area contributed by atoms with Crippen LogP contribution in [-0.4, -0.2) is 45.9 Å². The topological polar surface area (TPSA) is 48.9 Å². The number of guanidine groups is 1. The predicted octanol–water partition coefficient (Wildman–Crippen LogP) is 3.56. The third kappa shape index (κ3) is 7.49. The number of rotatable bonds is 9. The lowest BCUT2D eigenvalue weighted by atomic mass is 10.00. The largest absolute Gasteiger partial charge is 0.381 e. The van der Waals surface area contributed by atoms with Crippen molar-refractivity contribution in [3.63, 3.8) is 0 Å². The van der Waals surface area contributed by atoms with Crippen LogP contribution in [0.25, 0.3) is 0 Å². The minimum Gasteiger partial charge on any atom is -0.381 e. The van der Waals surface area contributed by atoms with Crippen LogP contribution in [0.5, 0.6) is 0 Å². The van der Waals surface area contributed by atoms with Crippen LogP contribution in [0.3, 0.4) is 0 Å². The van der Waals surface area contributed by atoms with Crippen molar-refractivity contribution in [1.29, 1.82) is 0 Å². The molecule has 3 rings (SSSR count). The molecule has 152 valence electrons. The number of hydrogen-bond donors (Lipinski definition) is 2. The monoisotopic (exact) mass is 486 g/mol. The average Bonchev–Trinajstić information content (AvgIpc) is 3.47. The molecule has 0 radical (unpaired) electrons. The standard InChI is InChI=1S/C21H34N4O.HI/c1-3-22-21(23-11-5-13-26-16-17-7-8-17)24-15-18-9-10-20-19(14-18)6-4-12-25(20)2;/h9-10,14,17H,3-8,11-13,15-16H2,1-2H3,(H2,22,23,24);1H. The number of halogens is 1. The molecule has 1 aliphatic heterocycles. The van der Waals surface area contributed by atoms with Crippen LogP contribution in [0.1, 0.15) is 43.7 Å². The Morgan fingerprint density at radius 1 is 1.30 bits per heavy atom. The van der Waals surface area contributed by atoms with Crippen molar-refractivity contribution in [2.24, 2.45) is 10.9 Å². The van der Waals surface area contributed by atoms with Gasteiger partial charge in [-0.25, -0.2) is 4.99 Å². The number of ether oxygens (including phenoxy) is 1. The molecule has 27 heavy (non-hydrogen) atoms. The number of anilines is 1. The van der Waals surface area contributed by atoms with Gasteiger partial charge in [0.05, 0.1) is 6.54 Å². The van der Waals surface area contributed by atoms with Crippen molar-refractivity contribution in [3.05, 3.63) is 29.3 Å². The van der Waals surface area contributed by atoms with Crippen molar-refractivity contribution in [2.45, 2.75) is 45.6 Å². The molecule has 1 aromatic carbocycles. The molecule has 5 nitrogen and oxygen atoms in total. The zero-order valence-corrected chi connectivity index (χ0v) is 19.1. The van der Waals surface area contributed by atoms with E-state index in [1.54, 1.807) is 0 Å². The lowest BCUT2D eigenvalue weighted by Crippen LogP contribution is -2.38. The van der Waals surface area contributed by atoms with Crippen molar-refractivity contribution in [1.82, 2.24) is 10.6 Å². The lowest BCUT2D eigenvalue weighted by molar-refractivity contribution is 0.123. The normalized spacial score (nSPS) is 16.5. The molecular weight excluding hydrogens is 451 g/mol. The van der Waals surface area contributed by atoms with E-state index < -0.39 is 0 Å². The fraction of sp³-hybridized carbons (Fsp3) is 0.667. The summed E-state index contributed by atoms with van der Waals surface area (Å²) < 4.78 is 5.69. The summed E-state index contributed by atoms with van der Waals surface area (Å²) in [5, 5.41) is 6.75. The summed E-state index contributed by atoms with van der Waals surface area (Å²) in [7, 11) is 2.18. The zero-order valence-electron chi connectivity index (χ0n) is 16.8. The second-order valence-corrected chi connectivity index (χ2v) is 7.48. The highest BCUT2D eigenvalue weighted by Crippen LogP contribution is 2.28. The highest BCUT2D eigenvalue weighted by Gasteiger charge is 2.20. The van der Waals surface area contributed by atoms with Gasteiger partial charge in [-0.15, -0.1) is 24.0 Å². The van der Waals surface area contributed by atoms with Gasteiger partial charge >= 0.3 is 0 Å². The molecule has 2 N–H and O–H groups in total. The minimum atomic E-state index is 0. The van der Waals surface area contributed by atoms with E-state index in [2.05, 4.69) is 47.7 Å². The van der Waals surface area contributed by atoms with Gasteiger partial charge < -0.3 is 20.3 Å². The molecule has 1 aromatic rings. The number of aliphatic imine (C=N–C) groups is 1. The second-order valence-electron chi connectivity index (χ2n) is 7.48. The SMILES string of the molecule is CCNC(=NCc1ccc2c(c1)CCCN2C)NCCCOCC1CC1.I. The maximum atomic E-state index is 5.69. The highest BCUT2D eigenvalue weighted by atomic mass is 127. The third-order valence-corrected chi connectivity index (χ3v) is 5.07. The summed E-state index contributed by atoms with van der Waals surface area (Å²) in [4.78, 5) is 7.10. The van der Waals surface area contributed by atoms with Gasteiger partial charge in [0.25, 0.3) is 0 Å². The molecule has 1 fully saturated rings. The Labute approximate surface area is 181 Å². The molecule has 1 saturated carbocycles. The first-order chi connectivity index (χ1) is 12.8. The van der Waals surface area contributed by atoms with E-state index in [0.717, 1.165) is 51.1 Å². The first-order valence-electron chi connectivity index (χ1n) is 10.2. The molecule has 0 atom stereocenters. The van der Waals surface area contributed by atoms with Crippen molar-refractivity contribution in [2.75, 3.05) is 44.8 Å². The van der Waals surface area contributed by atoms with Gasteiger partial charge in [0.2, 0.25) is 0 Å². The number of nitrogens with one attached hydrogen (secondary N) is 2. The maximum absolute atomic E-state index is 5.69. The summed E-state index contributed by atoms with van der Waals surface area (Å²) in [5.74, 6) is 1.74. The fourth-order valence-corrected chi connectivity index (χ4v) is 3.36. The summed E-state index contributed by atoms with van der Waals surface area (Å²) >= 11 is 0. The number of fused-ring (bicyclic) bond motifs is 1. The van der Waals surface area contributed by atoms with Crippen molar-refractivity contribution < 1.29 is 4.74 Å². The van der Waals surface area contributed by atoms with E-state index in [4.69, 9.17) is 9.73 Å². The Kier molecular flexibility index (Phi) is 9.68. The molecule has 0 bridgehead atoms. The molecular formula is C21H35IN4O. The third-order valence-electron chi connectivity index (χ3n) is 5.07. The predicted molar refractivity (Wildman–Crippen MR) is 124 cm³/mol. The summed E-state index contributed by atoms with van der Waals surface area (Å²) in [6.45, 7) is 7.52. The molecule has 1 heterocycles. The molecule has 0 unspecified atom stereocenters. The first-order valence-corrected chi connectivity index (χ1v) is 10.2. The van der Waals surface area contributed by atoms with Gasteiger partial charge in [-0.3, -0.25) is 0 Å². The highest BCUT2D eigenvalue weighted by molar-refractivity contribution is 14.0. The van der Waals surface area contributed by atoms with Crippen LogP contribution >= 0.6 is 24.0 Å².